The molecular weight excluding hydrogens is 584 g/mol. The van der Waals surface area contributed by atoms with Crippen molar-refractivity contribution in [1.82, 2.24) is 25.1 Å². The lowest BCUT2D eigenvalue weighted by atomic mass is 10.0. The average Bonchev–Trinajstić information content (AvgIpc) is 3.80. The fourth-order valence-corrected chi connectivity index (χ4v) is 6.41. The van der Waals surface area contributed by atoms with Crippen LogP contribution in [0.4, 0.5) is 4.39 Å². The topological polar surface area (TPSA) is 92.5 Å². The van der Waals surface area contributed by atoms with E-state index in [0.717, 1.165) is 27.4 Å². The first-order chi connectivity index (χ1) is 21.0. The van der Waals surface area contributed by atoms with Gasteiger partial charge in [0.05, 0.1) is 28.9 Å². The number of hydrogen-bond acceptors (Lipinski definition) is 7. The largest absolute Gasteiger partial charge is 0.345 e. The molecule has 0 aliphatic carbocycles. The van der Waals surface area contributed by atoms with Gasteiger partial charge in [-0.1, -0.05) is 65.9 Å². The molecule has 3 aromatic carbocycles. The van der Waals surface area contributed by atoms with E-state index in [1.165, 1.54) is 28.9 Å². The van der Waals surface area contributed by atoms with Crippen molar-refractivity contribution in [2.75, 3.05) is 5.75 Å². The molecule has 0 saturated carbocycles. The number of benzene rings is 3. The molecule has 0 saturated heterocycles. The van der Waals surface area contributed by atoms with Gasteiger partial charge in [0.15, 0.2) is 11.0 Å². The highest BCUT2D eigenvalue weighted by molar-refractivity contribution is 7.99. The molecule has 2 aromatic heterocycles. The normalized spacial score (nSPS) is 14.5. The highest BCUT2D eigenvalue weighted by Gasteiger charge is 2.33. The van der Waals surface area contributed by atoms with Gasteiger partial charge in [-0.05, 0) is 60.3 Å². The maximum absolute atomic E-state index is 13.7. The fourth-order valence-electron chi connectivity index (χ4n) is 4.86. The lowest BCUT2D eigenvalue weighted by molar-refractivity contribution is -0.130. The van der Waals surface area contributed by atoms with Crippen molar-refractivity contribution in [1.29, 1.82) is 0 Å². The van der Waals surface area contributed by atoms with E-state index in [2.05, 4.69) is 15.5 Å². The molecule has 0 radical (unpaired) electrons. The second-order valence-corrected chi connectivity index (χ2v) is 11.8. The molecule has 0 unspecified atom stereocenters. The number of aromatic nitrogens is 3. The van der Waals surface area contributed by atoms with E-state index in [4.69, 9.17) is 5.10 Å². The number of amides is 2. The molecular formula is C32H27FN6O2S2. The number of hydrogen-bond donors (Lipinski definition) is 1. The highest BCUT2D eigenvalue weighted by Crippen LogP contribution is 2.35. The van der Waals surface area contributed by atoms with E-state index in [9.17, 15) is 14.0 Å². The molecule has 6 rings (SSSR count). The summed E-state index contributed by atoms with van der Waals surface area (Å²) < 4.78 is 15.5. The van der Waals surface area contributed by atoms with Crippen LogP contribution < -0.4 is 5.32 Å². The Balaban J connectivity index is 1.22. The second-order valence-electron chi connectivity index (χ2n) is 9.94. The van der Waals surface area contributed by atoms with E-state index in [1.54, 1.807) is 29.5 Å². The summed E-state index contributed by atoms with van der Waals surface area (Å²) in [5, 5.41) is 20.4. The van der Waals surface area contributed by atoms with Gasteiger partial charge in [-0.15, -0.1) is 21.5 Å². The SMILES string of the molecule is Cc1cccc(C(=O)NCc2nnc(SCC(=O)N3N=C(c4cccs4)C[C@@H]3c3ccc(F)cc3)n2-c2ccccc2)c1. The van der Waals surface area contributed by atoms with Crippen molar-refractivity contribution < 1.29 is 14.0 Å². The summed E-state index contributed by atoms with van der Waals surface area (Å²) in [6, 6.07) is 26.7. The first kappa shape index (κ1) is 28.5. The number of rotatable bonds is 9. The van der Waals surface area contributed by atoms with Crippen LogP contribution in [0.15, 0.2) is 107 Å². The number of aryl methyl sites for hydroxylation is 1. The van der Waals surface area contributed by atoms with Gasteiger partial charge in [-0.25, -0.2) is 9.40 Å². The molecule has 0 bridgehead atoms. The van der Waals surface area contributed by atoms with Crippen molar-refractivity contribution in [3.05, 3.63) is 130 Å². The summed E-state index contributed by atoms with van der Waals surface area (Å²) in [5.74, 6) is -0.163. The minimum absolute atomic E-state index is 0.0551. The van der Waals surface area contributed by atoms with Crippen molar-refractivity contribution in [2.24, 2.45) is 5.10 Å². The Morgan fingerprint density at radius 3 is 2.56 bits per heavy atom. The predicted molar refractivity (Wildman–Crippen MR) is 166 cm³/mol. The zero-order chi connectivity index (χ0) is 29.8. The molecule has 1 N–H and O–H groups in total. The Morgan fingerprint density at radius 1 is 1.00 bits per heavy atom. The van der Waals surface area contributed by atoms with Crippen molar-refractivity contribution in [2.45, 2.75) is 31.1 Å². The van der Waals surface area contributed by atoms with Gasteiger partial charge in [-0.3, -0.25) is 14.2 Å². The second kappa shape index (κ2) is 12.7. The maximum atomic E-state index is 13.7. The van der Waals surface area contributed by atoms with E-state index in [1.807, 2.05) is 77.5 Å². The molecule has 0 fully saturated rings. The van der Waals surface area contributed by atoms with Gasteiger partial charge in [0.2, 0.25) is 0 Å². The van der Waals surface area contributed by atoms with Crippen LogP contribution in [-0.4, -0.2) is 43.1 Å². The van der Waals surface area contributed by atoms with E-state index >= 15 is 0 Å². The standard InChI is InChI=1S/C32H27FN6O2S2/c1-21-7-5-8-23(17-21)31(41)34-19-29-35-36-32(38(29)25-9-3-2-4-10-25)43-20-30(40)39-27(22-12-14-24(33)15-13-22)18-26(37-39)28-11-6-16-42-28/h2-17,27H,18-20H2,1H3,(H,34,41)/t27-/m1/s1. The van der Waals surface area contributed by atoms with Crippen LogP contribution in [0.5, 0.6) is 0 Å². The molecule has 11 heteroatoms. The molecule has 1 aliphatic rings. The van der Waals surface area contributed by atoms with Crippen LogP contribution in [0.1, 0.15) is 44.6 Å². The number of carbonyl (C=O) groups is 2. The summed E-state index contributed by atoms with van der Waals surface area (Å²) in [6.45, 7) is 2.09. The van der Waals surface area contributed by atoms with E-state index in [0.29, 0.717) is 23.0 Å². The minimum Gasteiger partial charge on any atom is -0.345 e. The third-order valence-corrected chi connectivity index (χ3v) is 8.79. The Hall–Kier alpha value is -4.61. The zero-order valence-corrected chi connectivity index (χ0v) is 24.8. The van der Waals surface area contributed by atoms with Crippen LogP contribution in [0, 0.1) is 12.7 Å². The van der Waals surface area contributed by atoms with Crippen molar-refractivity contribution in [3.63, 3.8) is 0 Å². The van der Waals surface area contributed by atoms with Crippen LogP contribution in [0.2, 0.25) is 0 Å². The number of nitrogens with one attached hydrogen (secondary N) is 1. The number of halogens is 1. The smallest absolute Gasteiger partial charge is 0.253 e. The van der Waals surface area contributed by atoms with E-state index in [-0.39, 0.29) is 36.0 Å². The Bertz CT molecular complexity index is 1770. The van der Waals surface area contributed by atoms with Crippen molar-refractivity contribution >= 4 is 40.6 Å². The molecule has 43 heavy (non-hydrogen) atoms. The van der Waals surface area contributed by atoms with Gasteiger partial charge in [0.1, 0.15) is 5.82 Å². The Morgan fingerprint density at radius 2 is 1.81 bits per heavy atom. The third kappa shape index (κ3) is 6.42. The summed E-state index contributed by atoms with van der Waals surface area (Å²) in [6.07, 6.45) is 0.535. The zero-order valence-electron chi connectivity index (χ0n) is 23.2. The number of para-hydroxylation sites is 1. The molecule has 216 valence electrons. The quantitative estimate of drug-likeness (QED) is 0.201. The minimum atomic E-state index is -0.342. The van der Waals surface area contributed by atoms with Gasteiger partial charge < -0.3 is 5.32 Å². The predicted octanol–water partition coefficient (Wildman–Crippen LogP) is 6.18. The molecule has 8 nitrogen and oxygen atoms in total. The third-order valence-electron chi connectivity index (χ3n) is 6.95. The number of thiophene rings is 1. The fraction of sp³-hybridized carbons (Fsp3) is 0.156. The maximum Gasteiger partial charge on any atom is 0.253 e. The van der Waals surface area contributed by atoms with Crippen molar-refractivity contribution in [3.8, 4) is 5.69 Å². The van der Waals surface area contributed by atoms with Gasteiger partial charge >= 0.3 is 0 Å². The molecule has 0 spiro atoms. The molecule has 1 atom stereocenters. The highest BCUT2D eigenvalue weighted by atomic mass is 32.2. The number of carbonyl (C=O) groups excluding carboxylic acids is 2. The average molecular weight is 611 g/mol. The number of nitrogens with zero attached hydrogens (tertiary/aromatic N) is 5. The summed E-state index contributed by atoms with van der Waals surface area (Å²) in [7, 11) is 0. The number of hydrazone groups is 1. The van der Waals surface area contributed by atoms with Crippen LogP contribution in [0.25, 0.3) is 5.69 Å². The molecule has 1 aliphatic heterocycles. The Labute approximate surface area is 256 Å². The Kier molecular flexibility index (Phi) is 8.43. The van der Waals surface area contributed by atoms with Gasteiger partial charge in [0.25, 0.3) is 11.8 Å². The molecule has 3 heterocycles. The summed E-state index contributed by atoms with van der Waals surface area (Å²) in [4.78, 5) is 27.5. The summed E-state index contributed by atoms with van der Waals surface area (Å²) >= 11 is 2.81. The van der Waals surface area contributed by atoms with E-state index < -0.39 is 0 Å². The first-order valence-electron chi connectivity index (χ1n) is 13.6. The molecule has 2 amide bonds. The van der Waals surface area contributed by atoms with Crippen LogP contribution >= 0.6 is 23.1 Å². The van der Waals surface area contributed by atoms with Gasteiger partial charge in [-0.2, -0.15) is 5.10 Å². The number of thioether (sulfide) groups is 1. The first-order valence-corrected chi connectivity index (χ1v) is 15.5. The lowest BCUT2D eigenvalue weighted by Crippen LogP contribution is -2.28. The van der Waals surface area contributed by atoms with Gasteiger partial charge in [0, 0.05) is 17.7 Å². The van der Waals surface area contributed by atoms with Crippen LogP contribution in [-0.2, 0) is 11.3 Å². The summed E-state index contributed by atoms with van der Waals surface area (Å²) in [5.41, 5.74) is 4.01. The van der Waals surface area contributed by atoms with Crippen LogP contribution in [0.3, 0.4) is 0 Å². The lowest BCUT2D eigenvalue weighted by Gasteiger charge is -2.22. The monoisotopic (exact) mass is 610 g/mol. The molecule has 5 aromatic rings.